The molecule has 2 fully saturated rings. The van der Waals surface area contributed by atoms with Gasteiger partial charge in [0.2, 0.25) is 5.79 Å². The van der Waals surface area contributed by atoms with Crippen molar-refractivity contribution in [1.29, 1.82) is 0 Å². The third-order valence-electron chi connectivity index (χ3n) is 7.21. The van der Waals surface area contributed by atoms with Crippen LogP contribution in [0.5, 0.6) is 5.75 Å². The molecule has 9 heteroatoms. The van der Waals surface area contributed by atoms with Gasteiger partial charge in [-0.1, -0.05) is 54.7 Å². The summed E-state index contributed by atoms with van der Waals surface area (Å²) in [6.45, 7) is 10.2. The third-order valence-corrected chi connectivity index (χ3v) is 7.76. The number of halogens is 2. The number of aromatic nitrogens is 2. The average molecular weight is 560 g/mol. The van der Waals surface area contributed by atoms with E-state index in [9.17, 15) is 0 Å². The van der Waals surface area contributed by atoms with E-state index in [0.29, 0.717) is 29.8 Å². The van der Waals surface area contributed by atoms with Gasteiger partial charge in [0, 0.05) is 55.7 Å². The molecule has 0 N–H and O–H groups in total. The summed E-state index contributed by atoms with van der Waals surface area (Å²) >= 11 is 12.7. The highest BCUT2D eigenvalue weighted by Gasteiger charge is 2.45. The Labute approximate surface area is 235 Å². The van der Waals surface area contributed by atoms with Crippen LogP contribution < -0.4 is 4.74 Å². The van der Waals surface area contributed by atoms with Crippen LogP contribution in [0.2, 0.25) is 10.0 Å². The lowest BCUT2D eigenvalue weighted by Crippen LogP contribution is -2.46. The van der Waals surface area contributed by atoms with Crippen LogP contribution >= 0.6 is 23.2 Å². The zero-order valence-corrected chi connectivity index (χ0v) is 23.4. The van der Waals surface area contributed by atoms with Crippen molar-refractivity contribution >= 4 is 23.2 Å². The molecule has 0 amide bonds. The Kier molecular flexibility index (Phi) is 9.25. The highest BCUT2D eigenvalue weighted by atomic mass is 35.5. The molecule has 0 spiro atoms. The Hall–Kier alpha value is -2.13. The summed E-state index contributed by atoms with van der Waals surface area (Å²) in [5.41, 5.74) is 2.03. The molecule has 3 aromatic rings. The summed E-state index contributed by atoms with van der Waals surface area (Å²) in [7, 11) is 0. The first-order chi connectivity index (χ1) is 18.5. The predicted molar refractivity (Wildman–Crippen MR) is 150 cm³/mol. The summed E-state index contributed by atoms with van der Waals surface area (Å²) in [5.74, 6) is -0.237. The van der Waals surface area contributed by atoms with Crippen LogP contribution in [0.15, 0.2) is 61.2 Å². The Morgan fingerprint density at radius 2 is 1.84 bits per heavy atom. The van der Waals surface area contributed by atoms with Crippen molar-refractivity contribution in [3.8, 4) is 5.75 Å². The first kappa shape index (κ1) is 27.4. The second-order valence-corrected chi connectivity index (χ2v) is 10.9. The molecule has 0 saturated carbocycles. The van der Waals surface area contributed by atoms with Crippen molar-refractivity contribution in [3.63, 3.8) is 0 Å². The van der Waals surface area contributed by atoms with Gasteiger partial charge in [-0.25, -0.2) is 4.98 Å². The minimum absolute atomic E-state index is 0.256. The van der Waals surface area contributed by atoms with Gasteiger partial charge < -0.3 is 23.7 Å². The van der Waals surface area contributed by atoms with Crippen LogP contribution in [0.1, 0.15) is 30.9 Å². The second kappa shape index (κ2) is 12.8. The fourth-order valence-electron chi connectivity index (χ4n) is 5.07. The van der Waals surface area contributed by atoms with E-state index < -0.39 is 5.79 Å². The number of imidazole rings is 1. The lowest BCUT2D eigenvalue weighted by Gasteiger charge is -2.34. The number of unbranched alkanes of at least 4 members (excludes halogenated alkanes) is 1. The van der Waals surface area contributed by atoms with E-state index in [1.165, 1.54) is 24.9 Å². The molecule has 2 aromatic carbocycles. The van der Waals surface area contributed by atoms with E-state index in [1.807, 2.05) is 29.0 Å². The quantitative estimate of drug-likeness (QED) is 0.311. The van der Waals surface area contributed by atoms with E-state index in [2.05, 4.69) is 33.8 Å². The maximum atomic E-state index is 6.57. The zero-order chi connectivity index (χ0) is 26.4. The molecule has 1 aromatic heterocycles. The second-order valence-electron chi connectivity index (χ2n) is 10.1. The Bertz CT molecular complexity index is 1150. The van der Waals surface area contributed by atoms with E-state index in [1.54, 1.807) is 24.7 Å². The van der Waals surface area contributed by atoms with Gasteiger partial charge in [-0.15, -0.1) is 0 Å². The van der Waals surface area contributed by atoms with Crippen molar-refractivity contribution in [2.75, 3.05) is 45.9 Å². The number of hydrogen-bond donors (Lipinski definition) is 0. The van der Waals surface area contributed by atoms with Gasteiger partial charge in [0.1, 0.15) is 18.5 Å². The number of hydrogen-bond acceptors (Lipinski definition) is 6. The number of rotatable bonds is 11. The molecule has 0 unspecified atom stereocenters. The van der Waals surface area contributed by atoms with Gasteiger partial charge in [0.15, 0.2) is 0 Å². The van der Waals surface area contributed by atoms with Gasteiger partial charge >= 0.3 is 0 Å². The number of piperazine rings is 1. The lowest BCUT2D eigenvalue weighted by atomic mass is 10.1. The standard InChI is InChI=1S/C29H36Cl2N4O3/c1-2-3-11-33-13-15-34(16-14-33)18-23-4-7-25(8-5-23)36-19-26-20-37-29(38-26,21-35-12-10-32-22-35)27-9-6-24(30)17-28(27)31/h4-10,12,17,22,26H,2-3,11,13-16,18-21H2,1H3/t26-,29-/m1/s1. The van der Waals surface area contributed by atoms with Gasteiger partial charge in [0.05, 0.1) is 24.5 Å². The van der Waals surface area contributed by atoms with Crippen LogP contribution in [0.25, 0.3) is 0 Å². The minimum Gasteiger partial charge on any atom is -0.491 e. The molecule has 2 aliphatic rings. The van der Waals surface area contributed by atoms with Crippen molar-refractivity contribution in [1.82, 2.24) is 19.4 Å². The van der Waals surface area contributed by atoms with Crippen LogP contribution in [0.3, 0.4) is 0 Å². The Balaban J connectivity index is 1.15. The topological polar surface area (TPSA) is 52.0 Å². The van der Waals surface area contributed by atoms with Crippen molar-refractivity contribution in [3.05, 3.63) is 82.4 Å². The van der Waals surface area contributed by atoms with Gasteiger partial charge in [-0.2, -0.15) is 0 Å². The van der Waals surface area contributed by atoms with Crippen molar-refractivity contribution in [2.24, 2.45) is 0 Å². The fourth-order valence-corrected chi connectivity index (χ4v) is 5.62. The normalized spacial score (nSPS) is 22.7. The molecule has 38 heavy (non-hydrogen) atoms. The molecular formula is C29H36Cl2N4O3. The summed E-state index contributed by atoms with van der Waals surface area (Å²) in [6, 6.07) is 13.7. The van der Waals surface area contributed by atoms with Gasteiger partial charge in [0.25, 0.3) is 0 Å². The molecule has 0 radical (unpaired) electrons. The average Bonchev–Trinajstić information content (AvgIpc) is 3.58. The SMILES string of the molecule is CCCCN1CCN(Cc2ccc(OC[C@@H]3CO[C@@](Cn4ccnc4)(c4ccc(Cl)cc4Cl)O3)cc2)CC1. The smallest absolute Gasteiger partial charge is 0.215 e. The largest absolute Gasteiger partial charge is 0.491 e. The molecule has 0 bridgehead atoms. The zero-order valence-electron chi connectivity index (χ0n) is 21.9. The van der Waals surface area contributed by atoms with E-state index in [-0.39, 0.29) is 6.10 Å². The van der Waals surface area contributed by atoms with Crippen LogP contribution in [0.4, 0.5) is 0 Å². The maximum absolute atomic E-state index is 6.57. The minimum atomic E-state index is -1.05. The Morgan fingerprint density at radius 3 is 2.55 bits per heavy atom. The first-order valence-electron chi connectivity index (χ1n) is 13.4. The summed E-state index contributed by atoms with van der Waals surface area (Å²) in [4.78, 5) is 9.26. The lowest BCUT2D eigenvalue weighted by molar-refractivity contribution is -0.189. The van der Waals surface area contributed by atoms with Crippen LogP contribution in [-0.4, -0.2) is 71.4 Å². The molecule has 204 valence electrons. The highest BCUT2D eigenvalue weighted by Crippen LogP contribution is 2.40. The van der Waals surface area contributed by atoms with Gasteiger partial charge in [-0.05, 0) is 42.8 Å². The third kappa shape index (κ3) is 6.89. The van der Waals surface area contributed by atoms with E-state index in [0.717, 1.165) is 44.0 Å². The number of benzene rings is 2. The number of ether oxygens (including phenoxy) is 3. The maximum Gasteiger partial charge on any atom is 0.215 e. The summed E-state index contributed by atoms with van der Waals surface area (Å²) in [5, 5.41) is 1.06. The predicted octanol–water partition coefficient (Wildman–Crippen LogP) is 5.46. The van der Waals surface area contributed by atoms with Crippen molar-refractivity contribution < 1.29 is 14.2 Å². The molecule has 2 atom stereocenters. The number of nitrogens with zero attached hydrogens (tertiary/aromatic N) is 4. The van der Waals surface area contributed by atoms with Crippen molar-refractivity contribution in [2.45, 2.75) is 44.7 Å². The van der Waals surface area contributed by atoms with Gasteiger partial charge in [-0.3, -0.25) is 4.90 Å². The monoisotopic (exact) mass is 558 g/mol. The van der Waals surface area contributed by atoms with Crippen LogP contribution in [0, 0.1) is 0 Å². The molecule has 3 heterocycles. The molecule has 7 nitrogen and oxygen atoms in total. The van der Waals surface area contributed by atoms with E-state index in [4.69, 9.17) is 37.4 Å². The summed E-state index contributed by atoms with van der Waals surface area (Å²) in [6.07, 6.45) is 7.63. The Morgan fingerprint density at radius 1 is 1.05 bits per heavy atom. The molecular weight excluding hydrogens is 523 g/mol. The van der Waals surface area contributed by atoms with E-state index >= 15 is 0 Å². The summed E-state index contributed by atoms with van der Waals surface area (Å²) < 4.78 is 20.8. The molecule has 5 rings (SSSR count). The highest BCUT2D eigenvalue weighted by molar-refractivity contribution is 6.35. The van der Waals surface area contributed by atoms with Crippen LogP contribution in [-0.2, 0) is 28.4 Å². The molecule has 0 aliphatic carbocycles. The first-order valence-corrected chi connectivity index (χ1v) is 14.2. The molecule has 2 aliphatic heterocycles. The molecule has 2 saturated heterocycles. The fraction of sp³-hybridized carbons (Fsp3) is 0.483.